The van der Waals surface area contributed by atoms with Gasteiger partial charge in [0.2, 0.25) is 0 Å². The highest BCUT2D eigenvalue weighted by Gasteiger charge is 2.03. The Bertz CT molecular complexity index is 313. The van der Waals surface area contributed by atoms with Gasteiger partial charge in [0.25, 0.3) is 0 Å². The molecule has 0 unspecified atom stereocenters. The van der Waals surface area contributed by atoms with Crippen LogP contribution in [-0.2, 0) is 16.0 Å². The number of aromatic nitrogens is 2. The van der Waals surface area contributed by atoms with E-state index in [1.165, 1.54) is 6.33 Å². The SMILES string of the molecule is CCOC(=O)CCc1cc(C)ncn1. The zero-order chi connectivity index (χ0) is 10.4. The summed E-state index contributed by atoms with van der Waals surface area (Å²) in [6.07, 6.45) is 2.50. The Morgan fingerprint density at radius 3 is 2.93 bits per heavy atom. The molecule has 4 heteroatoms. The van der Waals surface area contributed by atoms with Crippen LogP contribution in [0.1, 0.15) is 24.7 Å². The molecule has 0 radical (unpaired) electrons. The van der Waals surface area contributed by atoms with Gasteiger partial charge in [-0.15, -0.1) is 0 Å². The summed E-state index contributed by atoms with van der Waals surface area (Å²) in [5.41, 5.74) is 1.80. The zero-order valence-electron chi connectivity index (χ0n) is 8.49. The number of hydrogen-bond acceptors (Lipinski definition) is 4. The summed E-state index contributed by atoms with van der Waals surface area (Å²) in [7, 11) is 0. The molecule has 1 heterocycles. The van der Waals surface area contributed by atoms with Crippen molar-refractivity contribution in [1.82, 2.24) is 9.97 Å². The number of hydrogen-bond donors (Lipinski definition) is 0. The van der Waals surface area contributed by atoms with Crippen LogP contribution in [-0.4, -0.2) is 22.5 Å². The summed E-state index contributed by atoms with van der Waals surface area (Å²) < 4.78 is 4.81. The molecule has 14 heavy (non-hydrogen) atoms. The minimum Gasteiger partial charge on any atom is -0.466 e. The Balaban J connectivity index is 2.41. The van der Waals surface area contributed by atoms with Crippen molar-refractivity contribution in [2.75, 3.05) is 6.61 Å². The predicted octanol–water partition coefficient (Wildman–Crippen LogP) is 1.28. The fourth-order valence-corrected chi connectivity index (χ4v) is 1.11. The van der Waals surface area contributed by atoms with Crippen LogP contribution in [0.25, 0.3) is 0 Å². The van der Waals surface area contributed by atoms with Crippen molar-refractivity contribution in [2.45, 2.75) is 26.7 Å². The van der Waals surface area contributed by atoms with E-state index < -0.39 is 0 Å². The van der Waals surface area contributed by atoms with Gasteiger partial charge in [0, 0.05) is 17.8 Å². The smallest absolute Gasteiger partial charge is 0.306 e. The molecule has 0 aliphatic rings. The first-order chi connectivity index (χ1) is 6.72. The lowest BCUT2D eigenvalue weighted by Gasteiger charge is -2.01. The molecule has 0 aliphatic carbocycles. The highest BCUT2D eigenvalue weighted by atomic mass is 16.5. The number of carbonyl (C=O) groups excluding carboxylic acids is 1. The minimum absolute atomic E-state index is 0.177. The number of rotatable bonds is 4. The van der Waals surface area contributed by atoms with Crippen LogP contribution < -0.4 is 0 Å². The molecule has 0 spiro atoms. The van der Waals surface area contributed by atoms with Crippen LogP contribution in [0.2, 0.25) is 0 Å². The molecule has 0 aliphatic heterocycles. The van der Waals surface area contributed by atoms with Crippen LogP contribution in [0.5, 0.6) is 0 Å². The second kappa shape index (κ2) is 5.32. The summed E-state index contributed by atoms with van der Waals surface area (Å²) in [4.78, 5) is 19.1. The average Bonchev–Trinajstić information content (AvgIpc) is 2.15. The maximum absolute atomic E-state index is 11.0. The molecule has 0 fully saturated rings. The lowest BCUT2D eigenvalue weighted by atomic mass is 10.2. The van der Waals surface area contributed by atoms with Gasteiger partial charge in [0.05, 0.1) is 13.0 Å². The van der Waals surface area contributed by atoms with E-state index in [0.717, 1.165) is 11.4 Å². The van der Waals surface area contributed by atoms with Gasteiger partial charge >= 0.3 is 5.97 Å². The number of carbonyl (C=O) groups is 1. The number of aryl methyl sites for hydroxylation is 2. The van der Waals surface area contributed by atoms with Gasteiger partial charge in [-0.1, -0.05) is 0 Å². The topological polar surface area (TPSA) is 52.1 Å². The molecule has 4 nitrogen and oxygen atoms in total. The summed E-state index contributed by atoms with van der Waals surface area (Å²) in [6, 6.07) is 1.87. The minimum atomic E-state index is -0.177. The van der Waals surface area contributed by atoms with Gasteiger partial charge in [-0.3, -0.25) is 4.79 Å². The molecule has 1 aromatic heterocycles. The molecule has 0 saturated heterocycles. The zero-order valence-corrected chi connectivity index (χ0v) is 8.49. The highest BCUT2D eigenvalue weighted by Crippen LogP contribution is 2.01. The standard InChI is InChI=1S/C10H14N2O2/c1-3-14-10(13)5-4-9-6-8(2)11-7-12-9/h6-7H,3-5H2,1-2H3. The van der Waals surface area contributed by atoms with Crippen molar-refractivity contribution < 1.29 is 9.53 Å². The molecule has 1 rings (SSSR count). The van der Waals surface area contributed by atoms with Crippen molar-refractivity contribution in [3.63, 3.8) is 0 Å². The van der Waals surface area contributed by atoms with Gasteiger partial charge < -0.3 is 4.74 Å². The second-order valence-corrected chi connectivity index (χ2v) is 2.96. The van der Waals surface area contributed by atoms with Crippen LogP contribution in [0.3, 0.4) is 0 Å². The molecule has 0 saturated carbocycles. The lowest BCUT2D eigenvalue weighted by Crippen LogP contribution is -2.06. The van der Waals surface area contributed by atoms with Gasteiger partial charge in [-0.05, 0) is 19.9 Å². The van der Waals surface area contributed by atoms with Crippen molar-refractivity contribution in [1.29, 1.82) is 0 Å². The Labute approximate surface area is 83.3 Å². The summed E-state index contributed by atoms with van der Waals surface area (Å²) >= 11 is 0. The third-order valence-corrected chi connectivity index (χ3v) is 1.75. The van der Waals surface area contributed by atoms with Crippen LogP contribution >= 0.6 is 0 Å². The fourth-order valence-electron chi connectivity index (χ4n) is 1.11. The molecule has 0 N–H and O–H groups in total. The van der Waals surface area contributed by atoms with Crippen LogP contribution in [0.4, 0.5) is 0 Å². The molecule has 0 amide bonds. The maximum atomic E-state index is 11.0. The van der Waals surface area contributed by atoms with Crippen molar-refractivity contribution in [3.8, 4) is 0 Å². The first-order valence-electron chi connectivity index (χ1n) is 4.65. The summed E-state index contributed by atoms with van der Waals surface area (Å²) in [5.74, 6) is -0.177. The fraction of sp³-hybridized carbons (Fsp3) is 0.500. The third-order valence-electron chi connectivity index (χ3n) is 1.75. The van der Waals surface area contributed by atoms with Crippen molar-refractivity contribution in [3.05, 3.63) is 23.8 Å². The van der Waals surface area contributed by atoms with Crippen molar-refractivity contribution in [2.24, 2.45) is 0 Å². The number of nitrogens with zero attached hydrogens (tertiary/aromatic N) is 2. The number of ether oxygens (including phenoxy) is 1. The molecule has 0 aromatic carbocycles. The van der Waals surface area contributed by atoms with E-state index in [9.17, 15) is 4.79 Å². The monoisotopic (exact) mass is 194 g/mol. The average molecular weight is 194 g/mol. The first-order valence-corrected chi connectivity index (χ1v) is 4.65. The predicted molar refractivity (Wildman–Crippen MR) is 51.7 cm³/mol. The van der Waals surface area contributed by atoms with Gasteiger partial charge in [0.15, 0.2) is 0 Å². The first kappa shape index (κ1) is 10.6. The lowest BCUT2D eigenvalue weighted by molar-refractivity contribution is -0.143. The highest BCUT2D eigenvalue weighted by molar-refractivity contribution is 5.69. The van der Waals surface area contributed by atoms with Crippen LogP contribution in [0, 0.1) is 6.92 Å². The van der Waals surface area contributed by atoms with Gasteiger partial charge in [-0.25, -0.2) is 9.97 Å². The summed E-state index contributed by atoms with van der Waals surface area (Å²) in [5, 5.41) is 0. The Morgan fingerprint density at radius 2 is 2.29 bits per heavy atom. The maximum Gasteiger partial charge on any atom is 0.306 e. The van der Waals surface area contributed by atoms with E-state index in [1.807, 2.05) is 13.0 Å². The number of esters is 1. The van der Waals surface area contributed by atoms with E-state index in [1.54, 1.807) is 6.92 Å². The van der Waals surface area contributed by atoms with Crippen molar-refractivity contribution >= 4 is 5.97 Å². The van der Waals surface area contributed by atoms with E-state index in [4.69, 9.17) is 4.74 Å². The molecule has 0 bridgehead atoms. The Kier molecular flexibility index (Phi) is 4.04. The van der Waals surface area contributed by atoms with E-state index >= 15 is 0 Å². The Hall–Kier alpha value is -1.45. The van der Waals surface area contributed by atoms with Crippen LogP contribution in [0.15, 0.2) is 12.4 Å². The largest absolute Gasteiger partial charge is 0.466 e. The van der Waals surface area contributed by atoms with E-state index in [2.05, 4.69) is 9.97 Å². The van der Waals surface area contributed by atoms with E-state index in [-0.39, 0.29) is 5.97 Å². The van der Waals surface area contributed by atoms with Gasteiger partial charge in [-0.2, -0.15) is 0 Å². The molecular weight excluding hydrogens is 180 g/mol. The molecule has 0 atom stereocenters. The third kappa shape index (κ3) is 3.51. The molecule has 76 valence electrons. The Morgan fingerprint density at radius 1 is 1.50 bits per heavy atom. The molecular formula is C10H14N2O2. The normalized spacial score (nSPS) is 9.86. The van der Waals surface area contributed by atoms with E-state index in [0.29, 0.717) is 19.4 Å². The summed E-state index contributed by atoms with van der Waals surface area (Å²) in [6.45, 7) is 4.13. The molecule has 1 aromatic rings. The van der Waals surface area contributed by atoms with Gasteiger partial charge in [0.1, 0.15) is 6.33 Å². The quantitative estimate of drug-likeness (QED) is 0.677. The second-order valence-electron chi connectivity index (χ2n) is 2.96.